The summed E-state index contributed by atoms with van der Waals surface area (Å²) in [6, 6.07) is 16.8. The molecule has 27 heavy (non-hydrogen) atoms. The SMILES string of the molecule is CC(=O)Nc1ccc(Cl)cc1-c1ccc(-n2c(N)nc3ccccc32)cn1. The minimum Gasteiger partial charge on any atom is -0.369 e. The maximum Gasteiger partial charge on any atom is 0.221 e. The number of pyridine rings is 1. The van der Waals surface area contributed by atoms with Gasteiger partial charge in [-0.05, 0) is 42.5 Å². The minimum atomic E-state index is -0.159. The van der Waals surface area contributed by atoms with Crippen LogP contribution in [-0.4, -0.2) is 20.4 Å². The Hall–Kier alpha value is -3.38. The first-order chi connectivity index (χ1) is 13.0. The van der Waals surface area contributed by atoms with E-state index >= 15 is 0 Å². The number of aromatic nitrogens is 3. The molecular formula is C20H16ClN5O. The number of nitrogens with two attached hydrogens (primary N) is 1. The molecule has 0 aliphatic rings. The summed E-state index contributed by atoms with van der Waals surface area (Å²) in [4.78, 5) is 20.4. The summed E-state index contributed by atoms with van der Waals surface area (Å²) in [5.74, 6) is 0.236. The van der Waals surface area contributed by atoms with E-state index in [0.29, 0.717) is 22.4 Å². The molecule has 7 heteroatoms. The van der Waals surface area contributed by atoms with Crippen molar-refractivity contribution in [3.8, 4) is 16.9 Å². The van der Waals surface area contributed by atoms with Crippen LogP contribution < -0.4 is 11.1 Å². The highest BCUT2D eigenvalue weighted by molar-refractivity contribution is 6.31. The highest BCUT2D eigenvalue weighted by Gasteiger charge is 2.12. The zero-order chi connectivity index (χ0) is 19.0. The number of amides is 1. The van der Waals surface area contributed by atoms with Gasteiger partial charge in [-0.1, -0.05) is 23.7 Å². The average molecular weight is 378 g/mol. The van der Waals surface area contributed by atoms with Crippen molar-refractivity contribution in [2.45, 2.75) is 6.92 Å². The van der Waals surface area contributed by atoms with E-state index in [1.807, 2.05) is 41.0 Å². The smallest absolute Gasteiger partial charge is 0.221 e. The minimum absolute atomic E-state index is 0.159. The number of para-hydroxylation sites is 2. The largest absolute Gasteiger partial charge is 0.369 e. The molecule has 0 aliphatic carbocycles. The van der Waals surface area contributed by atoms with Crippen molar-refractivity contribution >= 4 is 40.2 Å². The van der Waals surface area contributed by atoms with Gasteiger partial charge in [0.25, 0.3) is 0 Å². The highest BCUT2D eigenvalue weighted by Crippen LogP contribution is 2.31. The second-order valence-electron chi connectivity index (χ2n) is 6.07. The molecule has 0 unspecified atom stereocenters. The monoisotopic (exact) mass is 377 g/mol. The molecule has 1 amide bonds. The lowest BCUT2D eigenvalue weighted by Gasteiger charge is -2.11. The van der Waals surface area contributed by atoms with Gasteiger partial charge in [0, 0.05) is 17.5 Å². The van der Waals surface area contributed by atoms with Crippen molar-refractivity contribution in [1.82, 2.24) is 14.5 Å². The lowest BCUT2D eigenvalue weighted by Crippen LogP contribution is -2.07. The highest BCUT2D eigenvalue weighted by atomic mass is 35.5. The fourth-order valence-electron chi connectivity index (χ4n) is 3.02. The number of carbonyl (C=O) groups is 1. The van der Waals surface area contributed by atoms with Gasteiger partial charge in [-0.2, -0.15) is 0 Å². The molecule has 0 saturated carbocycles. The summed E-state index contributed by atoms with van der Waals surface area (Å²) in [6.07, 6.45) is 1.72. The molecule has 0 bridgehead atoms. The summed E-state index contributed by atoms with van der Waals surface area (Å²) in [5, 5.41) is 3.37. The number of anilines is 2. The molecule has 134 valence electrons. The first-order valence-corrected chi connectivity index (χ1v) is 8.67. The van der Waals surface area contributed by atoms with E-state index in [1.54, 1.807) is 24.4 Å². The molecule has 0 spiro atoms. The van der Waals surface area contributed by atoms with Crippen LogP contribution in [0.25, 0.3) is 28.0 Å². The summed E-state index contributed by atoms with van der Waals surface area (Å²) < 4.78 is 1.85. The second kappa shape index (κ2) is 6.74. The van der Waals surface area contributed by atoms with E-state index < -0.39 is 0 Å². The first kappa shape index (κ1) is 17.1. The number of nitrogens with zero attached hydrogens (tertiary/aromatic N) is 3. The number of carbonyl (C=O) groups excluding carboxylic acids is 1. The lowest BCUT2D eigenvalue weighted by atomic mass is 10.1. The van der Waals surface area contributed by atoms with Crippen LogP contribution in [0.5, 0.6) is 0 Å². The van der Waals surface area contributed by atoms with Crippen molar-refractivity contribution < 1.29 is 4.79 Å². The van der Waals surface area contributed by atoms with Crippen LogP contribution >= 0.6 is 11.6 Å². The van der Waals surface area contributed by atoms with Crippen molar-refractivity contribution in [2.24, 2.45) is 0 Å². The van der Waals surface area contributed by atoms with Gasteiger partial charge in [0.05, 0.1) is 34.3 Å². The number of benzene rings is 2. The normalized spacial score (nSPS) is 10.9. The van der Waals surface area contributed by atoms with Gasteiger partial charge < -0.3 is 11.1 Å². The Morgan fingerprint density at radius 3 is 2.70 bits per heavy atom. The summed E-state index contributed by atoms with van der Waals surface area (Å²) in [6.45, 7) is 1.46. The van der Waals surface area contributed by atoms with Gasteiger partial charge in [0.15, 0.2) is 0 Å². The van der Waals surface area contributed by atoms with Crippen LogP contribution in [0.4, 0.5) is 11.6 Å². The molecule has 0 aliphatic heterocycles. The van der Waals surface area contributed by atoms with Crippen molar-refractivity contribution in [3.05, 3.63) is 65.8 Å². The quantitative estimate of drug-likeness (QED) is 0.558. The predicted octanol–water partition coefficient (Wildman–Crippen LogP) is 4.28. The number of nitrogens with one attached hydrogen (secondary N) is 1. The Labute approximate surface area is 160 Å². The summed E-state index contributed by atoms with van der Waals surface area (Å²) >= 11 is 6.13. The fourth-order valence-corrected chi connectivity index (χ4v) is 3.19. The molecule has 4 rings (SSSR count). The van der Waals surface area contributed by atoms with Gasteiger partial charge in [-0.3, -0.25) is 14.3 Å². The van der Waals surface area contributed by atoms with E-state index in [9.17, 15) is 4.79 Å². The molecule has 4 aromatic rings. The lowest BCUT2D eigenvalue weighted by molar-refractivity contribution is -0.114. The van der Waals surface area contributed by atoms with E-state index in [4.69, 9.17) is 17.3 Å². The van der Waals surface area contributed by atoms with Gasteiger partial charge in [0.1, 0.15) is 0 Å². The second-order valence-corrected chi connectivity index (χ2v) is 6.50. The molecule has 0 saturated heterocycles. The van der Waals surface area contributed by atoms with E-state index in [-0.39, 0.29) is 5.91 Å². The third-order valence-corrected chi connectivity index (χ3v) is 4.40. The molecule has 6 nitrogen and oxygen atoms in total. The number of fused-ring (bicyclic) bond motifs is 1. The van der Waals surface area contributed by atoms with E-state index in [2.05, 4.69) is 15.3 Å². The molecule has 2 aromatic carbocycles. The number of hydrogen-bond acceptors (Lipinski definition) is 4. The Morgan fingerprint density at radius 2 is 1.96 bits per heavy atom. The van der Waals surface area contributed by atoms with Gasteiger partial charge >= 0.3 is 0 Å². The van der Waals surface area contributed by atoms with Gasteiger partial charge in [-0.25, -0.2) is 4.98 Å². The van der Waals surface area contributed by atoms with Crippen molar-refractivity contribution in [2.75, 3.05) is 11.1 Å². The number of rotatable bonds is 3. The van der Waals surface area contributed by atoms with Crippen LogP contribution in [0.1, 0.15) is 6.92 Å². The molecule has 3 N–H and O–H groups in total. The molecule has 0 atom stereocenters. The van der Waals surface area contributed by atoms with Crippen molar-refractivity contribution in [1.29, 1.82) is 0 Å². The standard InChI is InChI=1S/C20H16ClN5O/c1-12(27)24-17-8-6-13(21)10-15(17)16-9-7-14(11-23-16)26-19-5-3-2-4-18(19)25-20(26)22/h2-11H,1H3,(H2,22,25)(H,24,27). The van der Waals surface area contributed by atoms with Gasteiger partial charge in [-0.15, -0.1) is 0 Å². The van der Waals surface area contributed by atoms with Gasteiger partial charge in [0.2, 0.25) is 11.9 Å². The first-order valence-electron chi connectivity index (χ1n) is 8.30. The molecule has 0 fully saturated rings. The topological polar surface area (TPSA) is 85.8 Å². The van der Waals surface area contributed by atoms with Crippen LogP contribution in [0.2, 0.25) is 5.02 Å². The molecule has 0 radical (unpaired) electrons. The number of nitrogen functional groups attached to an aromatic ring is 1. The maximum atomic E-state index is 11.5. The molecule has 2 heterocycles. The fraction of sp³-hybridized carbons (Fsp3) is 0.0500. The van der Waals surface area contributed by atoms with E-state index in [0.717, 1.165) is 22.3 Å². The Kier molecular flexibility index (Phi) is 4.25. The van der Waals surface area contributed by atoms with Crippen LogP contribution in [0, 0.1) is 0 Å². The van der Waals surface area contributed by atoms with Crippen LogP contribution in [0.15, 0.2) is 60.8 Å². The Bertz CT molecular complexity index is 1150. The molecule has 2 aromatic heterocycles. The number of hydrogen-bond donors (Lipinski definition) is 2. The maximum absolute atomic E-state index is 11.5. The van der Waals surface area contributed by atoms with Crippen molar-refractivity contribution in [3.63, 3.8) is 0 Å². The molecular weight excluding hydrogens is 362 g/mol. The van der Waals surface area contributed by atoms with Crippen LogP contribution in [-0.2, 0) is 4.79 Å². The van der Waals surface area contributed by atoms with E-state index in [1.165, 1.54) is 6.92 Å². The Balaban J connectivity index is 1.78. The third kappa shape index (κ3) is 3.22. The predicted molar refractivity (Wildman–Crippen MR) is 108 cm³/mol. The Morgan fingerprint density at radius 1 is 1.15 bits per heavy atom. The zero-order valence-electron chi connectivity index (χ0n) is 14.5. The number of halogens is 1. The summed E-state index contributed by atoms with van der Waals surface area (Å²) in [7, 11) is 0. The van der Waals surface area contributed by atoms with Crippen LogP contribution in [0.3, 0.4) is 0 Å². The summed E-state index contributed by atoms with van der Waals surface area (Å²) in [5.41, 5.74) is 10.7. The average Bonchev–Trinajstić information content (AvgIpc) is 2.99. The zero-order valence-corrected chi connectivity index (χ0v) is 15.2. The number of imidazole rings is 1. The third-order valence-electron chi connectivity index (χ3n) is 4.16.